The Bertz CT molecular complexity index is 2180. The summed E-state index contributed by atoms with van der Waals surface area (Å²) >= 11 is 1.65. The van der Waals surface area contributed by atoms with Gasteiger partial charge in [0.15, 0.2) is 5.82 Å². The van der Waals surface area contributed by atoms with E-state index in [-0.39, 0.29) is 42.1 Å². The van der Waals surface area contributed by atoms with E-state index >= 15 is 0 Å². The monoisotopic (exact) mass is 840 g/mol. The number of pyridine rings is 1. The summed E-state index contributed by atoms with van der Waals surface area (Å²) in [6, 6.07) is 17.0. The number of thiazole rings is 1. The standard InChI is InChI=1S/C45H56N6O8S/c1-9-30-23-33(25-46-37(30)51(42(55)58-44(3,4)5)43(56)59-45(6,7)8)47-38(52)40(53)50-26-28(2)15-17-35(50)32-16-18-36-34(24-32)48-39(60-36)31-19-21-49(22-20-31)41(54)57-27-29-13-11-10-12-14-29/h10-14,16,18,23-25,28,31,35H,9,15,17,19-22,26-27H2,1-8H3,(H,47,52)/t28-,35?/m0/s1. The van der Waals surface area contributed by atoms with Crippen LogP contribution in [0.2, 0.25) is 0 Å². The number of hydrogen-bond donors (Lipinski definition) is 1. The first-order chi connectivity index (χ1) is 28.4. The zero-order valence-electron chi connectivity index (χ0n) is 35.8. The number of carbonyl (C=O) groups excluding carboxylic acids is 5. The highest BCUT2D eigenvalue weighted by molar-refractivity contribution is 7.18. The first-order valence-electron chi connectivity index (χ1n) is 20.6. The lowest BCUT2D eigenvalue weighted by Crippen LogP contribution is -2.46. The number of aromatic nitrogens is 2. The summed E-state index contributed by atoms with van der Waals surface area (Å²) in [5.74, 6) is -1.09. The van der Waals surface area contributed by atoms with E-state index in [4.69, 9.17) is 19.2 Å². The molecule has 1 unspecified atom stereocenters. The maximum atomic E-state index is 14.0. The summed E-state index contributed by atoms with van der Waals surface area (Å²) < 4.78 is 17.6. The van der Waals surface area contributed by atoms with Gasteiger partial charge < -0.3 is 29.3 Å². The first-order valence-corrected chi connectivity index (χ1v) is 21.4. The predicted octanol–water partition coefficient (Wildman–Crippen LogP) is 9.38. The molecule has 0 bridgehead atoms. The number of rotatable bonds is 7. The topological polar surface area (TPSA) is 161 Å². The number of benzene rings is 2. The molecule has 0 saturated carbocycles. The Morgan fingerprint density at radius 1 is 0.883 bits per heavy atom. The number of nitrogens with one attached hydrogen (secondary N) is 1. The number of anilines is 2. The molecular weight excluding hydrogens is 785 g/mol. The predicted molar refractivity (Wildman–Crippen MR) is 230 cm³/mol. The van der Waals surface area contributed by atoms with Gasteiger partial charge in [0.25, 0.3) is 0 Å². The minimum atomic E-state index is -0.956. The maximum Gasteiger partial charge on any atom is 0.425 e. The lowest BCUT2D eigenvalue weighted by Gasteiger charge is -2.38. The molecular formula is C45H56N6O8S. The largest absolute Gasteiger partial charge is 0.445 e. The zero-order valence-corrected chi connectivity index (χ0v) is 36.6. The van der Waals surface area contributed by atoms with Gasteiger partial charge in [-0.25, -0.2) is 24.4 Å². The van der Waals surface area contributed by atoms with Crippen LogP contribution < -0.4 is 10.2 Å². The third-order valence-corrected chi connectivity index (χ3v) is 11.5. The van der Waals surface area contributed by atoms with Gasteiger partial charge in [0.2, 0.25) is 0 Å². The third-order valence-electron chi connectivity index (χ3n) is 10.3. The maximum absolute atomic E-state index is 14.0. The summed E-state index contributed by atoms with van der Waals surface area (Å²) in [6.07, 6.45) is 2.56. The van der Waals surface area contributed by atoms with Gasteiger partial charge in [0.1, 0.15) is 17.8 Å². The number of imide groups is 1. The number of likely N-dealkylation sites (tertiary alicyclic amines) is 2. The fourth-order valence-corrected chi connectivity index (χ4v) is 8.51. The SMILES string of the molecule is CCc1cc(NC(=O)C(=O)N2C[C@@H](C)CCC2c2ccc3sc(C4CCN(C(=O)OCc5ccccc5)CC4)nc3c2)cnc1N(C(=O)OC(C)(C)C)C(=O)OC(C)(C)C. The molecule has 2 fully saturated rings. The van der Waals surface area contributed by atoms with Crippen molar-refractivity contribution < 1.29 is 38.2 Å². The molecule has 0 radical (unpaired) electrons. The molecule has 2 aliphatic heterocycles. The molecule has 2 saturated heterocycles. The van der Waals surface area contributed by atoms with E-state index in [1.165, 1.54) is 6.20 Å². The minimum absolute atomic E-state index is 0.000487. The fourth-order valence-electron chi connectivity index (χ4n) is 7.40. The summed E-state index contributed by atoms with van der Waals surface area (Å²) in [4.78, 5) is 80.6. The highest BCUT2D eigenvalue weighted by Gasteiger charge is 2.37. The molecule has 60 heavy (non-hydrogen) atoms. The van der Waals surface area contributed by atoms with Crippen LogP contribution in [0.5, 0.6) is 0 Å². The van der Waals surface area contributed by atoms with Gasteiger partial charge >= 0.3 is 30.1 Å². The first kappa shape index (κ1) is 44.0. The van der Waals surface area contributed by atoms with Crippen molar-refractivity contribution >= 4 is 63.2 Å². The van der Waals surface area contributed by atoms with Crippen molar-refractivity contribution in [3.63, 3.8) is 0 Å². The molecule has 2 aliphatic rings. The van der Waals surface area contributed by atoms with Gasteiger partial charge in [-0.15, -0.1) is 11.3 Å². The molecule has 5 amide bonds. The van der Waals surface area contributed by atoms with Crippen LogP contribution in [0.3, 0.4) is 0 Å². The van der Waals surface area contributed by atoms with Crippen molar-refractivity contribution in [3.05, 3.63) is 82.5 Å². The van der Waals surface area contributed by atoms with Crippen LogP contribution in [0.4, 0.5) is 25.9 Å². The van der Waals surface area contributed by atoms with Crippen LogP contribution in [-0.2, 0) is 36.8 Å². The Hall–Kier alpha value is -5.57. The summed E-state index contributed by atoms with van der Waals surface area (Å²) in [7, 11) is 0. The number of hydrogen-bond acceptors (Lipinski definition) is 11. The fraction of sp³-hybridized carbons (Fsp3) is 0.489. The van der Waals surface area contributed by atoms with E-state index in [0.717, 1.165) is 50.5 Å². The Kier molecular flexibility index (Phi) is 13.5. The number of fused-ring (bicyclic) bond motifs is 1. The quantitative estimate of drug-likeness (QED) is 0.140. The van der Waals surface area contributed by atoms with Crippen LogP contribution in [-0.4, -0.2) is 80.7 Å². The van der Waals surface area contributed by atoms with Crippen LogP contribution in [0, 0.1) is 5.92 Å². The minimum Gasteiger partial charge on any atom is -0.445 e. The van der Waals surface area contributed by atoms with Crippen molar-refractivity contribution in [2.24, 2.45) is 5.92 Å². The summed E-state index contributed by atoms with van der Waals surface area (Å²) in [6.45, 7) is 15.8. The number of nitrogens with zero attached hydrogens (tertiary/aromatic N) is 5. The molecule has 0 aliphatic carbocycles. The van der Waals surface area contributed by atoms with E-state index in [1.54, 1.807) is 68.7 Å². The van der Waals surface area contributed by atoms with E-state index in [2.05, 4.69) is 17.2 Å². The molecule has 0 spiro atoms. The second kappa shape index (κ2) is 18.4. The highest BCUT2D eigenvalue weighted by atomic mass is 32.1. The summed E-state index contributed by atoms with van der Waals surface area (Å²) in [5.41, 5.74) is 1.58. The van der Waals surface area contributed by atoms with E-state index in [0.29, 0.717) is 38.0 Å². The smallest absolute Gasteiger partial charge is 0.425 e. The zero-order chi connectivity index (χ0) is 43.4. The normalized spacial score (nSPS) is 17.5. The number of ether oxygens (including phenoxy) is 3. The second-order valence-corrected chi connectivity index (χ2v) is 18.6. The highest BCUT2D eigenvalue weighted by Crippen LogP contribution is 2.38. The van der Waals surface area contributed by atoms with Crippen molar-refractivity contribution in [3.8, 4) is 0 Å². The molecule has 2 aromatic carbocycles. The van der Waals surface area contributed by atoms with Gasteiger partial charge in [0.05, 0.1) is 33.2 Å². The number of aryl methyl sites for hydroxylation is 1. The van der Waals surface area contributed by atoms with Crippen molar-refractivity contribution in [2.75, 3.05) is 29.9 Å². The Balaban J connectivity index is 1.13. The lowest BCUT2D eigenvalue weighted by molar-refractivity contribution is -0.146. The van der Waals surface area contributed by atoms with Crippen molar-refractivity contribution in [1.82, 2.24) is 19.8 Å². The van der Waals surface area contributed by atoms with E-state index < -0.39 is 35.2 Å². The van der Waals surface area contributed by atoms with Crippen LogP contribution in [0.1, 0.15) is 115 Å². The number of piperidine rings is 2. The Morgan fingerprint density at radius 2 is 1.55 bits per heavy atom. The van der Waals surface area contributed by atoms with Gasteiger partial charge in [-0.1, -0.05) is 50.2 Å². The van der Waals surface area contributed by atoms with Crippen molar-refractivity contribution in [1.29, 1.82) is 0 Å². The molecule has 320 valence electrons. The number of amides is 5. The number of carbonyl (C=O) groups is 5. The Labute approximate surface area is 355 Å². The van der Waals surface area contributed by atoms with Gasteiger partial charge in [0, 0.05) is 25.6 Å². The van der Waals surface area contributed by atoms with Gasteiger partial charge in [-0.3, -0.25) is 9.59 Å². The van der Waals surface area contributed by atoms with Gasteiger partial charge in [-0.05, 0) is 114 Å². The van der Waals surface area contributed by atoms with Crippen LogP contribution >= 0.6 is 11.3 Å². The van der Waals surface area contributed by atoms with E-state index in [1.807, 2.05) is 55.5 Å². The van der Waals surface area contributed by atoms with E-state index in [9.17, 15) is 24.0 Å². The van der Waals surface area contributed by atoms with Crippen LogP contribution in [0.15, 0.2) is 60.8 Å². The van der Waals surface area contributed by atoms with Gasteiger partial charge in [-0.2, -0.15) is 4.90 Å². The summed E-state index contributed by atoms with van der Waals surface area (Å²) in [5, 5.41) is 3.73. The average molecular weight is 841 g/mol. The van der Waals surface area contributed by atoms with Crippen LogP contribution in [0.25, 0.3) is 10.2 Å². The average Bonchev–Trinajstić information content (AvgIpc) is 3.63. The molecule has 1 N–H and O–H groups in total. The Morgan fingerprint density at radius 3 is 2.18 bits per heavy atom. The molecule has 4 aromatic rings. The third kappa shape index (κ3) is 11.0. The van der Waals surface area contributed by atoms with Crippen molar-refractivity contribution in [2.45, 2.75) is 117 Å². The molecule has 2 atom stereocenters. The lowest BCUT2D eigenvalue weighted by atomic mass is 9.89. The molecule has 2 aromatic heterocycles. The molecule has 4 heterocycles. The molecule has 15 heteroatoms. The molecule has 14 nitrogen and oxygen atoms in total. The molecule has 6 rings (SSSR count). The second-order valence-electron chi connectivity index (χ2n) is 17.5.